The lowest BCUT2D eigenvalue weighted by atomic mass is 10.1. The molecule has 0 aliphatic carbocycles. The molecule has 1 aromatic heterocycles. The molecule has 0 aliphatic rings. The van der Waals surface area contributed by atoms with E-state index in [1.807, 2.05) is 27.0 Å². The Hall–Kier alpha value is -0.960. The van der Waals surface area contributed by atoms with Crippen molar-refractivity contribution < 1.29 is 8.42 Å². The van der Waals surface area contributed by atoms with Crippen LogP contribution in [0.25, 0.3) is 0 Å². The predicted molar refractivity (Wildman–Crippen MR) is 89.3 cm³/mol. The molecule has 114 valence electrons. The van der Waals surface area contributed by atoms with Gasteiger partial charge in [-0.15, -0.1) is 11.3 Å². The van der Waals surface area contributed by atoms with Crippen molar-refractivity contribution >= 4 is 42.4 Å². The SMILES string of the molecule is CNCc1cc(C)c(Br)c(S(=O)(=O)Nc2ncc(C)s2)c1. The molecule has 1 heterocycles. The molecule has 0 spiro atoms. The van der Waals surface area contributed by atoms with E-state index >= 15 is 0 Å². The normalized spacial score (nSPS) is 11.6. The van der Waals surface area contributed by atoms with Crippen LogP contribution in [0.1, 0.15) is 16.0 Å². The summed E-state index contributed by atoms with van der Waals surface area (Å²) in [5.74, 6) is 0. The van der Waals surface area contributed by atoms with Gasteiger partial charge in [-0.2, -0.15) is 0 Å². The predicted octanol–water partition coefficient (Wildman–Crippen LogP) is 3.04. The van der Waals surface area contributed by atoms with E-state index < -0.39 is 10.0 Å². The molecule has 2 aromatic rings. The highest BCUT2D eigenvalue weighted by atomic mass is 79.9. The molecule has 2 rings (SSSR count). The van der Waals surface area contributed by atoms with Crippen LogP contribution in [0.2, 0.25) is 0 Å². The lowest BCUT2D eigenvalue weighted by Gasteiger charge is -2.12. The Bertz CT molecular complexity index is 757. The first kappa shape index (κ1) is 16.4. The number of hydrogen-bond acceptors (Lipinski definition) is 5. The van der Waals surface area contributed by atoms with Crippen LogP contribution < -0.4 is 10.0 Å². The van der Waals surface area contributed by atoms with E-state index in [1.165, 1.54) is 11.3 Å². The zero-order valence-corrected chi connectivity index (χ0v) is 15.1. The van der Waals surface area contributed by atoms with Crippen molar-refractivity contribution in [1.29, 1.82) is 0 Å². The smallest absolute Gasteiger partial charge is 0.264 e. The van der Waals surface area contributed by atoms with Crippen molar-refractivity contribution in [3.8, 4) is 0 Å². The molecule has 1 aromatic carbocycles. The van der Waals surface area contributed by atoms with Crippen molar-refractivity contribution in [3.05, 3.63) is 38.8 Å². The van der Waals surface area contributed by atoms with Gasteiger partial charge in [0.1, 0.15) is 4.90 Å². The maximum Gasteiger partial charge on any atom is 0.264 e. The minimum atomic E-state index is -3.67. The van der Waals surface area contributed by atoms with Crippen molar-refractivity contribution in [2.45, 2.75) is 25.3 Å². The van der Waals surface area contributed by atoms with Gasteiger partial charge in [-0.1, -0.05) is 6.07 Å². The van der Waals surface area contributed by atoms with Gasteiger partial charge in [-0.25, -0.2) is 13.4 Å². The summed E-state index contributed by atoms with van der Waals surface area (Å²) in [6.45, 7) is 4.35. The summed E-state index contributed by atoms with van der Waals surface area (Å²) < 4.78 is 28.2. The Kier molecular flexibility index (Phi) is 5.03. The number of anilines is 1. The van der Waals surface area contributed by atoms with Gasteiger partial charge >= 0.3 is 0 Å². The maximum absolute atomic E-state index is 12.5. The van der Waals surface area contributed by atoms with Crippen molar-refractivity contribution in [1.82, 2.24) is 10.3 Å². The fourth-order valence-corrected chi connectivity index (χ4v) is 4.86. The molecule has 0 saturated heterocycles. The zero-order chi connectivity index (χ0) is 15.6. The van der Waals surface area contributed by atoms with Crippen LogP contribution in [-0.4, -0.2) is 20.4 Å². The van der Waals surface area contributed by atoms with Gasteiger partial charge in [0.05, 0.1) is 0 Å². The number of sulfonamides is 1. The summed E-state index contributed by atoms with van der Waals surface area (Å²) in [7, 11) is -1.85. The average Bonchev–Trinajstić information content (AvgIpc) is 2.78. The molecule has 8 heteroatoms. The molecule has 0 atom stereocenters. The summed E-state index contributed by atoms with van der Waals surface area (Å²) in [5, 5.41) is 3.39. The number of aryl methyl sites for hydroxylation is 2. The maximum atomic E-state index is 12.5. The van der Waals surface area contributed by atoms with E-state index in [1.54, 1.807) is 12.3 Å². The molecule has 0 saturated carbocycles. The molecule has 2 N–H and O–H groups in total. The number of hydrogen-bond donors (Lipinski definition) is 2. The molecule has 0 bridgehead atoms. The molecule has 5 nitrogen and oxygen atoms in total. The molecule has 0 unspecified atom stereocenters. The van der Waals surface area contributed by atoms with Crippen LogP contribution in [0.3, 0.4) is 0 Å². The minimum Gasteiger partial charge on any atom is -0.316 e. The Balaban J connectivity index is 2.43. The first-order chi connectivity index (χ1) is 9.83. The number of rotatable bonds is 5. The highest BCUT2D eigenvalue weighted by molar-refractivity contribution is 9.10. The average molecular weight is 390 g/mol. The van der Waals surface area contributed by atoms with Gasteiger partial charge in [0.2, 0.25) is 0 Å². The topological polar surface area (TPSA) is 71.1 Å². The van der Waals surface area contributed by atoms with Crippen LogP contribution in [0.4, 0.5) is 5.13 Å². The molecule has 21 heavy (non-hydrogen) atoms. The van der Waals surface area contributed by atoms with E-state index in [0.29, 0.717) is 16.1 Å². The number of nitrogens with zero attached hydrogens (tertiary/aromatic N) is 1. The fraction of sp³-hybridized carbons (Fsp3) is 0.308. The molecule has 0 fully saturated rings. The monoisotopic (exact) mass is 389 g/mol. The van der Waals surface area contributed by atoms with Gasteiger partial charge in [0, 0.05) is 22.1 Å². The Morgan fingerprint density at radius 3 is 2.62 bits per heavy atom. The Morgan fingerprint density at radius 2 is 2.05 bits per heavy atom. The second-order valence-electron chi connectivity index (χ2n) is 4.64. The number of thiazole rings is 1. The number of halogens is 1. The highest BCUT2D eigenvalue weighted by Gasteiger charge is 2.21. The van der Waals surface area contributed by atoms with E-state index in [2.05, 4.69) is 31.0 Å². The van der Waals surface area contributed by atoms with E-state index in [0.717, 1.165) is 16.0 Å². The molecule has 0 amide bonds. The van der Waals surface area contributed by atoms with Gasteiger partial charge < -0.3 is 5.32 Å². The third-order valence-corrected chi connectivity index (χ3v) is 6.43. The quantitative estimate of drug-likeness (QED) is 0.823. The standard InChI is InChI=1S/C13H16BrN3O2S2/c1-8-4-10(7-15-3)5-11(12(8)14)21(18,19)17-13-16-6-9(2)20-13/h4-6,15H,7H2,1-3H3,(H,16,17). The van der Waals surface area contributed by atoms with Crippen molar-refractivity contribution in [3.63, 3.8) is 0 Å². The van der Waals surface area contributed by atoms with Crippen LogP contribution >= 0.6 is 27.3 Å². The molecule has 0 radical (unpaired) electrons. The van der Waals surface area contributed by atoms with E-state index in [9.17, 15) is 8.42 Å². The number of benzene rings is 1. The summed E-state index contributed by atoms with van der Waals surface area (Å²) >= 11 is 4.67. The van der Waals surface area contributed by atoms with Gasteiger partial charge in [0.25, 0.3) is 10.0 Å². The third-order valence-electron chi connectivity index (χ3n) is 2.79. The zero-order valence-electron chi connectivity index (χ0n) is 11.9. The van der Waals surface area contributed by atoms with E-state index in [4.69, 9.17) is 0 Å². The Labute approximate surface area is 137 Å². The molecular weight excluding hydrogens is 374 g/mol. The second-order valence-corrected chi connectivity index (χ2v) is 8.32. The summed E-state index contributed by atoms with van der Waals surface area (Å²) in [4.78, 5) is 5.21. The summed E-state index contributed by atoms with van der Waals surface area (Å²) in [6.07, 6.45) is 1.64. The molecular formula is C13H16BrN3O2S2. The largest absolute Gasteiger partial charge is 0.316 e. The van der Waals surface area contributed by atoms with Crippen LogP contribution in [0, 0.1) is 13.8 Å². The lowest BCUT2D eigenvalue weighted by Crippen LogP contribution is -2.15. The van der Waals surface area contributed by atoms with E-state index in [-0.39, 0.29) is 4.90 Å². The van der Waals surface area contributed by atoms with Gasteiger partial charge in [-0.05, 0) is 54.0 Å². The first-order valence-electron chi connectivity index (χ1n) is 6.22. The van der Waals surface area contributed by atoms with Gasteiger partial charge in [0.15, 0.2) is 5.13 Å². The molecule has 0 aliphatic heterocycles. The van der Waals surface area contributed by atoms with Crippen molar-refractivity contribution in [2.75, 3.05) is 11.8 Å². The fourth-order valence-electron chi connectivity index (χ4n) is 1.88. The van der Waals surface area contributed by atoms with Crippen LogP contribution in [-0.2, 0) is 16.6 Å². The minimum absolute atomic E-state index is 0.223. The number of aromatic nitrogens is 1. The van der Waals surface area contributed by atoms with Crippen LogP contribution in [0.5, 0.6) is 0 Å². The Morgan fingerprint density at radius 1 is 1.33 bits per heavy atom. The van der Waals surface area contributed by atoms with Crippen molar-refractivity contribution in [2.24, 2.45) is 0 Å². The highest BCUT2D eigenvalue weighted by Crippen LogP contribution is 2.29. The first-order valence-corrected chi connectivity index (χ1v) is 9.31. The third kappa shape index (κ3) is 3.82. The number of nitrogens with one attached hydrogen (secondary N) is 2. The lowest BCUT2D eigenvalue weighted by molar-refractivity contribution is 0.600. The summed E-state index contributed by atoms with van der Waals surface area (Å²) in [5.41, 5.74) is 1.78. The van der Waals surface area contributed by atoms with Crippen LogP contribution in [0.15, 0.2) is 27.7 Å². The van der Waals surface area contributed by atoms with Gasteiger partial charge in [-0.3, -0.25) is 4.72 Å². The summed E-state index contributed by atoms with van der Waals surface area (Å²) in [6, 6.07) is 3.61. The second kappa shape index (κ2) is 6.43.